The van der Waals surface area contributed by atoms with Gasteiger partial charge in [0.05, 0.1) is 6.42 Å². The Labute approximate surface area is 225 Å². The molecule has 0 aliphatic rings. The molecule has 8 heteroatoms. The number of nitrogens with one attached hydrogen (secondary N) is 1. The van der Waals surface area contributed by atoms with Crippen molar-refractivity contribution in [3.05, 3.63) is 82.3 Å². The third-order valence-electron chi connectivity index (χ3n) is 6.07. The SMILES string of the molecule is CC(C)CN(CCC(=O)OCc1ccccc1)C(=O)N[C@@](C)(Cc1c(Br)ccc2ccccc12)C(=O)O. The highest BCUT2D eigenvalue weighted by atomic mass is 79.9. The summed E-state index contributed by atoms with van der Waals surface area (Å²) in [4.78, 5) is 39.6. The van der Waals surface area contributed by atoms with Crippen molar-refractivity contribution in [2.45, 2.75) is 45.8 Å². The van der Waals surface area contributed by atoms with Gasteiger partial charge in [0.15, 0.2) is 0 Å². The molecule has 3 aromatic carbocycles. The molecule has 2 N–H and O–H groups in total. The topological polar surface area (TPSA) is 95.9 Å². The fourth-order valence-electron chi connectivity index (χ4n) is 4.08. The van der Waals surface area contributed by atoms with E-state index in [1.165, 1.54) is 11.8 Å². The predicted molar refractivity (Wildman–Crippen MR) is 147 cm³/mol. The number of urea groups is 1. The van der Waals surface area contributed by atoms with Gasteiger partial charge >= 0.3 is 18.0 Å². The van der Waals surface area contributed by atoms with Gasteiger partial charge in [0.25, 0.3) is 0 Å². The minimum Gasteiger partial charge on any atom is -0.480 e. The highest BCUT2D eigenvalue weighted by molar-refractivity contribution is 9.10. The molecule has 0 fully saturated rings. The van der Waals surface area contributed by atoms with Crippen molar-refractivity contribution in [2.75, 3.05) is 13.1 Å². The van der Waals surface area contributed by atoms with E-state index in [0.717, 1.165) is 26.4 Å². The molecular weight excluding hydrogens is 536 g/mol. The van der Waals surface area contributed by atoms with Gasteiger partial charge < -0.3 is 20.1 Å². The number of hydrogen-bond acceptors (Lipinski definition) is 4. The minimum absolute atomic E-state index is 0.00559. The number of benzene rings is 3. The number of halogens is 1. The van der Waals surface area contributed by atoms with E-state index in [1.807, 2.05) is 80.6 Å². The highest BCUT2D eigenvalue weighted by Gasteiger charge is 2.37. The molecule has 0 spiro atoms. The second kappa shape index (κ2) is 12.7. The van der Waals surface area contributed by atoms with Gasteiger partial charge in [-0.3, -0.25) is 4.79 Å². The lowest BCUT2D eigenvalue weighted by Crippen LogP contribution is -2.58. The predicted octanol–water partition coefficient (Wildman–Crippen LogP) is 5.79. The van der Waals surface area contributed by atoms with Crippen LogP contribution < -0.4 is 5.32 Å². The summed E-state index contributed by atoms with van der Waals surface area (Å²) >= 11 is 3.55. The largest absolute Gasteiger partial charge is 0.480 e. The molecule has 0 bridgehead atoms. The molecule has 0 aromatic heterocycles. The van der Waals surface area contributed by atoms with Gasteiger partial charge in [-0.15, -0.1) is 0 Å². The lowest BCUT2D eigenvalue weighted by molar-refractivity contribution is -0.146. The summed E-state index contributed by atoms with van der Waals surface area (Å²) in [5, 5.41) is 14.8. The molecule has 37 heavy (non-hydrogen) atoms. The summed E-state index contributed by atoms with van der Waals surface area (Å²) in [6.45, 7) is 6.06. The van der Waals surface area contributed by atoms with E-state index < -0.39 is 23.5 Å². The number of rotatable bonds is 11. The molecular formula is C29H33BrN2O5. The summed E-state index contributed by atoms with van der Waals surface area (Å²) < 4.78 is 6.11. The molecule has 1 atom stereocenters. The fraction of sp³-hybridized carbons (Fsp3) is 0.345. The monoisotopic (exact) mass is 568 g/mol. The molecule has 0 heterocycles. The number of amides is 2. The van der Waals surface area contributed by atoms with Crippen molar-refractivity contribution in [3.63, 3.8) is 0 Å². The molecule has 7 nitrogen and oxygen atoms in total. The van der Waals surface area contributed by atoms with Crippen molar-refractivity contribution in [2.24, 2.45) is 5.92 Å². The Bertz CT molecular complexity index is 1250. The van der Waals surface area contributed by atoms with Crippen LogP contribution in [-0.2, 0) is 27.4 Å². The maximum atomic E-state index is 13.3. The van der Waals surface area contributed by atoms with Crippen LogP contribution in [0.25, 0.3) is 10.8 Å². The third kappa shape index (κ3) is 7.79. The third-order valence-corrected chi connectivity index (χ3v) is 6.81. The number of fused-ring (bicyclic) bond motifs is 1. The normalized spacial score (nSPS) is 12.7. The van der Waals surface area contributed by atoms with Gasteiger partial charge in [-0.2, -0.15) is 0 Å². The van der Waals surface area contributed by atoms with Gasteiger partial charge in [0, 0.05) is 24.0 Å². The molecule has 2 amide bonds. The zero-order valence-corrected chi connectivity index (χ0v) is 23.0. The Balaban J connectivity index is 1.72. The lowest BCUT2D eigenvalue weighted by atomic mass is 9.90. The lowest BCUT2D eigenvalue weighted by Gasteiger charge is -2.32. The Kier molecular flexibility index (Phi) is 9.69. The molecule has 0 saturated carbocycles. The summed E-state index contributed by atoms with van der Waals surface area (Å²) in [6, 6.07) is 20.4. The summed E-state index contributed by atoms with van der Waals surface area (Å²) in [5.74, 6) is -1.45. The Morgan fingerprint density at radius 3 is 2.38 bits per heavy atom. The quantitative estimate of drug-likeness (QED) is 0.285. The van der Waals surface area contributed by atoms with Crippen LogP contribution in [0.2, 0.25) is 0 Å². The van der Waals surface area contributed by atoms with Crippen molar-refractivity contribution < 1.29 is 24.2 Å². The standard InChI is InChI=1S/C29H33BrN2O5/c1-20(2)18-32(16-15-26(33)37-19-21-9-5-4-6-10-21)28(36)31-29(3,27(34)35)17-24-23-12-8-7-11-22(23)13-14-25(24)30/h4-14,20H,15-19H2,1-3H3,(H,31,36)(H,34,35)/t29-/m0/s1. The van der Waals surface area contributed by atoms with Gasteiger partial charge in [-0.05, 0) is 40.8 Å². The number of carboxylic acids is 1. The van der Waals surface area contributed by atoms with Crippen LogP contribution in [0, 0.1) is 5.92 Å². The summed E-state index contributed by atoms with van der Waals surface area (Å²) in [5.41, 5.74) is 0.0971. The van der Waals surface area contributed by atoms with Crippen LogP contribution in [0.4, 0.5) is 4.79 Å². The summed E-state index contributed by atoms with van der Waals surface area (Å²) in [6.07, 6.45) is 0.0796. The Morgan fingerprint density at radius 2 is 1.70 bits per heavy atom. The fourth-order valence-corrected chi connectivity index (χ4v) is 4.57. The first kappa shape index (κ1) is 28.2. The first-order valence-electron chi connectivity index (χ1n) is 12.2. The number of carbonyl (C=O) groups excluding carboxylic acids is 2. The molecule has 0 radical (unpaired) electrons. The average Bonchev–Trinajstić information content (AvgIpc) is 2.87. The zero-order chi connectivity index (χ0) is 27.0. The van der Waals surface area contributed by atoms with Gasteiger partial charge in [0.1, 0.15) is 12.1 Å². The van der Waals surface area contributed by atoms with Crippen LogP contribution >= 0.6 is 15.9 Å². The van der Waals surface area contributed by atoms with E-state index in [4.69, 9.17) is 4.74 Å². The summed E-state index contributed by atoms with van der Waals surface area (Å²) in [7, 11) is 0. The van der Waals surface area contributed by atoms with Gasteiger partial charge in [-0.25, -0.2) is 9.59 Å². The molecule has 0 aliphatic carbocycles. The van der Waals surface area contributed by atoms with Gasteiger partial charge in [-0.1, -0.05) is 90.4 Å². The molecule has 0 aliphatic heterocycles. The van der Waals surface area contributed by atoms with Crippen LogP contribution in [-0.4, -0.2) is 46.6 Å². The number of carboxylic acid groups (broad SMARTS) is 1. The first-order valence-corrected chi connectivity index (χ1v) is 13.0. The van der Waals surface area contributed by atoms with Crippen molar-refractivity contribution in [1.29, 1.82) is 0 Å². The van der Waals surface area contributed by atoms with Crippen LogP contribution in [0.5, 0.6) is 0 Å². The molecule has 3 aromatic rings. The Hall–Kier alpha value is -3.39. The van der Waals surface area contributed by atoms with E-state index >= 15 is 0 Å². The average molecular weight is 569 g/mol. The van der Waals surface area contributed by atoms with Crippen LogP contribution in [0.15, 0.2) is 71.2 Å². The maximum absolute atomic E-state index is 13.3. The maximum Gasteiger partial charge on any atom is 0.329 e. The molecule has 3 rings (SSSR count). The van der Waals surface area contributed by atoms with Crippen molar-refractivity contribution in [1.82, 2.24) is 10.2 Å². The van der Waals surface area contributed by atoms with E-state index in [0.29, 0.717) is 6.54 Å². The molecule has 0 saturated heterocycles. The van der Waals surface area contributed by atoms with E-state index in [1.54, 1.807) is 0 Å². The number of carbonyl (C=O) groups is 3. The second-order valence-electron chi connectivity index (χ2n) is 9.73. The second-order valence-corrected chi connectivity index (χ2v) is 10.6. The zero-order valence-electron chi connectivity index (χ0n) is 21.4. The van der Waals surface area contributed by atoms with Crippen molar-refractivity contribution in [3.8, 4) is 0 Å². The number of ether oxygens (including phenoxy) is 1. The van der Waals surface area contributed by atoms with E-state index in [2.05, 4.69) is 21.2 Å². The number of esters is 1. The molecule has 196 valence electrons. The number of nitrogens with zero attached hydrogens (tertiary/aromatic N) is 1. The van der Waals surface area contributed by atoms with Crippen LogP contribution in [0.3, 0.4) is 0 Å². The number of aliphatic carboxylic acids is 1. The smallest absolute Gasteiger partial charge is 0.329 e. The first-order chi connectivity index (χ1) is 17.6. The van der Waals surface area contributed by atoms with E-state index in [9.17, 15) is 19.5 Å². The van der Waals surface area contributed by atoms with Gasteiger partial charge in [0.2, 0.25) is 0 Å². The number of hydrogen-bond donors (Lipinski definition) is 2. The van der Waals surface area contributed by atoms with Crippen molar-refractivity contribution >= 4 is 44.7 Å². The molecule has 0 unspecified atom stereocenters. The highest BCUT2D eigenvalue weighted by Crippen LogP contribution is 2.30. The minimum atomic E-state index is -1.58. The van der Waals surface area contributed by atoms with Crippen LogP contribution in [0.1, 0.15) is 38.3 Å². The van der Waals surface area contributed by atoms with E-state index in [-0.39, 0.29) is 31.9 Å². The Morgan fingerprint density at radius 1 is 1.03 bits per heavy atom.